The number of ketones is 1. The Kier molecular flexibility index (Phi) is 7.77. The van der Waals surface area contributed by atoms with Crippen LogP contribution in [0.1, 0.15) is 41.5 Å². The van der Waals surface area contributed by atoms with Gasteiger partial charge in [-0.25, -0.2) is 0 Å². The molecule has 0 fully saturated rings. The molecule has 2 aromatic carbocycles. The second kappa shape index (κ2) is 10.3. The van der Waals surface area contributed by atoms with Crippen molar-refractivity contribution in [2.24, 2.45) is 5.92 Å². The van der Waals surface area contributed by atoms with Crippen molar-refractivity contribution in [3.63, 3.8) is 0 Å². The van der Waals surface area contributed by atoms with Crippen LogP contribution in [0.25, 0.3) is 0 Å². The largest absolute Gasteiger partial charge is 0.493 e. The average Bonchev–Trinajstić information content (AvgIpc) is 2.70. The molecule has 7 heteroatoms. The van der Waals surface area contributed by atoms with Gasteiger partial charge < -0.3 is 20.1 Å². The van der Waals surface area contributed by atoms with E-state index in [1.165, 1.54) is 14.0 Å². The zero-order valence-electron chi connectivity index (χ0n) is 17.1. The first-order chi connectivity index (χ1) is 13.8. The van der Waals surface area contributed by atoms with Crippen LogP contribution in [0.2, 0.25) is 0 Å². The van der Waals surface area contributed by atoms with Gasteiger partial charge in [0.2, 0.25) is 0 Å². The van der Waals surface area contributed by atoms with Gasteiger partial charge in [-0.1, -0.05) is 26.0 Å². The third-order valence-corrected chi connectivity index (χ3v) is 4.05. The van der Waals surface area contributed by atoms with Gasteiger partial charge >= 0.3 is 0 Å². The number of benzene rings is 2. The van der Waals surface area contributed by atoms with E-state index < -0.39 is 5.91 Å². The first-order valence-corrected chi connectivity index (χ1v) is 9.30. The van der Waals surface area contributed by atoms with Gasteiger partial charge in [0.15, 0.2) is 23.9 Å². The summed E-state index contributed by atoms with van der Waals surface area (Å²) in [5.41, 5.74) is 1.27. The molecule has 0 unspecified atom stereocenters. The molecule has 0 aliphatic rings. The van der Waals surface area contributed by atoms with Crippen LogP contribution >= 0.6 is 0 Å². The number of rotatable bonds is 9. The first-order valence-electron chi connectivity index (χ1n) is 9.30. The monoisotopic (exact) mass is 398 g/mol. The highest BCUT2D eigenvalue weighted by Crippen LogP contribution is 2.28. The molecule has 0 saturated carbocycles. The van der Waals surface area contributed by atoms with E-state index in [2.05, 4.69) is 10.6 Å². The van der Waals surface area contributed by atoms with Gasteiger partial charge in [-0.05, 0) is 43.2 Å². The van der Waals surface area contributed by atoms with Crippen molar-refractivity contribution in [3.8, 4) is 11.5 Å². The Morgan fingerprint density at radius 3 is 2.41 bits per heavy atom. The number of nitrogens with one attached hydrogen (secondary N) is 2. The molecule has 0 aromatic heterocycles. The molecule has 154 valence electrons. The van der Waals surface area contributed by atoms with Gasteiger partial charge in [-0.2, -0.15) is 0 Å². The number of carbonyl (C=O) groups excluding carboxylic acids is 3. The first kappa shape index (κ1) is 21.9. The third kappa shape index (κ3) is 6.34. The summed E-state index contributed by atoms with van der Waals surface area (Å²) in [6, 6.07) is 11.5. The van der Waals surface area contributed by atoms with E-state index in [0.29, 0.717) is 40.8 Å². The fraction of sp³-hybridized carbons (Fsp3) is 0.318. The smallest absolute Gasteiger partial charge is 0.262 e. The molecule has 0 radical (unpaired) electrons. The zero-order chi connectivity index (χ0) is 21.4. The van der Waals surface area contributed by atoms with Gasteiger partial charge in [-0.15, -0.1) is 0 Å². The van der Waals surface area contributed by atoms with E-state index in [-0.39, 0.29) is 18.3 Å². The van der Waals surface area contributed by atoms with Gasteiger partial charge in [0.25, 0.3) is 11.8 Å². The zero-order valence-corrected chi connectivity index (χ0v) is 17.1. The Labute approximate surface area is 170 Å². The van der Waals surface area contributed by atoms with Crippen molar-refractivity contribution in [3.05, 3.63) is 53.6 Å². The lowest BCUT2D eigenvalue weighted by atomic mass is 10.1. The van der Waals surface area contributed by atoms with Crippen LogP contribution in [0.5, 0.6) is 11.5 Å². The lowest BCUT2D eigenvalue weighted by molar-refractivity contribution is -0.118. The molecule has 0 atom stereocenters. The highest BCUT2D eigenvalue weighted by molar-refractivity contribution is 6.04. The number of hydrogen-bond donors (Lipinski definition) is 2. The summed E-state index contributed by atoms with van der Waals surface area (Å²) >= 11 is 0. The fourth-order valence-electron chi connectivity index (χ4n) is 2.52. The Morgan fingerprint density at radius 1 is 1.03 bits per heavy atom. The van der Waals surface area contributed by atoms with E-state index in [1.807, 2.05) is 13.8 Å². The molecule has 0 bridgehead atoms. The average molecular weight is 398 g/mol. The Bertz CT molecular complexity index is 893. The molecule has 0 saturated heterocycles. The molecule has 0 aliphatic carbocycles. The third-order valence-electron chi connectivity index (χ3n) is 4.05. The highest BCUT2D eigenvalue weighted by atomic mass is 16.5. The molecule has 2 N–H and O–H groups in total. The number of amides is 2. The van der Waals surface area contributed by atoms with Crippen LogP contribution in [0.4, 0.5) is 5.69 Å². The number of carbonyl (C=O) groups is 3. The highest BCUT2D eigenvalue weighted by Gasteiger charge is 2.15. The quantitative estimate of drug-likeness (QED) is 0.632. The van der Waals surface area contributed by atoms with E-state index in [9.17, 15) is 14.4 Å². The predicted octanol–water partition coefficient (Wildman–Crippen LogP) is 3.30. The van der Waals surface area contributed by atoms with Crippen LogP contribution in [0.15, 0.2) is 42.5 Å². The van der Waals surface area contributed by atoms with Gasteiger partial charge in [0.05, 0.1) is 18.4 Å². The molecular weight excluding hydrogens is 372 g/mol. The summed E-state index contributed by atoms with van der Waals surface area (Å²) in [6.07, 6.45) is 0. The van der Waals surface area contributed by atoms with Crippen LogP contribution in [-0.2, 0) is 4.79 Å². The molecule has 2 rings (SSSR count). The Balaban J connectivity index is 2.03. The minimum atomic E-state index is -0.424. The Morgan fingerprint density at radius 2 is 1.76 bits per heavy atom. The number of anilines is 1. The summed E-state index contributed by atoms with van der Waals surface area (Å²) in [5, 5.41) is 5.53. The van der Waals surface area contributed by atoms with Crippen LogP contribution in [0.3, 0.4) is 0 Å². The second-order valence-electron chi connectivity index (χ2n) is 6.91. The summed E-state index contributed by atoms with van der Waals surface area (Å²) < 4.78 is 10.7. The molecule has 2 amide bonds. The minimum absolute atomic E-state index is 0.0973. The van der Waals surface area contributed by atoms with Crippen molar-refractivity contribution in [2.75, 3.05) is 25.6 Å². The summed E-state index contributed by atoms with van der Waals surface area (Å²) in [6.45, 7) is 5.72. The topological polar surface area (TPSA) is 93.7 Å². The molecule has 29 heavy (non-hydrogen) atoms. The maximum absolute atomic E-state index is 12.4. The molecule has 2 aromatic rings. The standard InChI is InChI=1S/C22H26N2O5/c1-14(2)12-23-22(27)17-7-5-6-8-18(17)24-21(26)13-29-19-10-9-16(15(3)25)11-20(19)28-4/h5-11,14H,12-13H2,1-4H3,(H,23,27)(H,24,26). The molecule has 0 heterocycles. The molecule has 0 spiro atoms. The van der Waals surface area contributed by atoms with Crippen molar-refractivity contribution in [1.29, 1.82) is 0 Å². The van der Waals surface area contributed by atoms with Crippen molar-refractivity contribution < 1.29 is 23.9 Å². The number of ether oxygens (including phenoxy) is 2. The van der Waals surface area contributed by atoms with Gasteiger partial charge in [-0.3, -0.25) is 14.4 Å². The van der Waals surface area contributed by atoms with Crippen LogP contribution in [-0.4, -0.2) is 37.9 Å². The lowest BCUT2D eigenvalue weighted by Gasteiger charge is -2.14. The second-order valence-corrected chi connectivity index (χ2v) is 6.91. The Hall–Kier alpha value is -3.35. The normalized spacial score (nSPS) is 10.4. The van der Waals surface area contributed by atoms with Crippen LogP contribution in [0, 0.1) is 5.92 Å². The fourth-order valence-corrected chi connectivity index (χ4v) is 2.52. The number of Topliss-reactive ketones (excluding diaryl/α,β-unsaturated/α-hetero) is 1. The lowest BCUT2D eigenvalue weighted by Crippen LogP contribution is -2.29. The predicted molar refractivity (Wildman–Crippen MR) is 111 cm³/mol. The molecule has 0 aliphatic heterocycles. The van der Waals surface area contributed by atoms with E-state index in [0.717, 1.165) is 0 Å². The molecular formula is C22H26N2O5. The van der Waals surface area contributed by atoms with Crippen molar-refractivity contribution in [2.45, 2.75) is 20.8 Å². The summed E-state index contributed by atoms with van der Waals surface area (Å²) in [5.74, 6) is 0.247. The minimum Gasteiger partial charge on any atom is -0.493 e. The summed E-state index contributed by atoms with van der Waals surface area (Å²) in [4.78, 5) is 36.2. The van der Waals surface area contributed by atoms with Crippen LogP contribution < -0.4 is 20.1 Å². The van der Waals surface area contributed by atoms with E-state index in [4.69, 9.17) is 9.47 Å². The van der Waals surface area contributed by atoms with E-state index in [1.54, 1.807) is 42.5 Å². The van der Waals surface area contributed by atoms with Crippen molar-refractivity contribution in [1.82, 2.24) is 5.32 Å². The van der Waals surface area contributed by atoms with Crippen molar-refractivity contribution >= 4 is 23.3 Å². The van der Waals surface area contributed by atoms with Gasteiger partial charge in [0, 0.05) is 12.1 Å². The number of methoxy groups -OCH3 is 1. The maximum atomic E-state index is 12.4. The van der Waals surface area contributed by atoms with E-state index >= 15 is 0 Å². The number of para-hydroxylation sites is 1. The number of hydrogen-bond acceptors (Lipinski definition) is 5. The van der Waals surface area contributed by atoms with Gasteiger partial charge in [0.1, 0.15) is 0 Å². The SMILES string of the molecule is COc1cc(C(C)=O)ccc1OCC(=O)Nc1ccccc1C(=O)NCC(C)C. The molecule has 7 nitrogen and oxygen atoms in total. The maximum Gasteiger partial charge on any atom is 0.262 e. The summed E-state index contributed by atoms with van der Waals surface area (Å²) in [7, 11) is 1.46.